The summed E-state index contributed by atoms with van der Waals surface area (Å²) in [7, 11) is 0. The van der Waals surface area contributed by atoms with Crippen LogP contribution in [0.5, 0.6) is 0 Å². The Labute approximate surface area is 93.7 Å². The molecule has 0 saturated carbocycles. The summed E-state index contributed by atoms with van der Waals surface area (Å²) in [6.07, 6.45) is 2.28. The van der Waals surface area contributed by atoms with Gasteiger partial charge in [-0.15, -0.1) is 0 Å². The van der Waals surface area contributed by atoms with Gasteiger partial charge in [0.2, 0.25) is 5.91 Å². The Morgan fingerprint density at radius 2 is 2.25 bits per heavy atom. The first kappa shape index (κ1) is 12.5. The lowest BCUT2D eigenvalue weighted by Gasteiger charge is -2.14. The number of carbonyl (C=O) groups is 3. The van der Waals surface area contributed by atoms with Crippen molar-refractivity contribution in [3.8, 4) is 0 Å². The van der Waals surface area contributed by atoms with E-state index in [1.165, 1.54) is 0 Å². The van der Waals surface area contributed by atoms with Crippen LogP contribution in [0.2, 0.25) is 0 Å². The SMILES string of the molecule is CCOC(=O)C(=O)NC1CCCCNC1=O. The van der Waals surface area contributed by atoms with Crippen molar-refractivity contribution in [1.82, 2.24) is 10.6 Å². The van der Waals surface area contributed by atoms with E-state index in [1.54, 1.807) is 6.92 Å². The number of hydrogen-bond donors (Lipinski definition) is 2. The van der Waals surface area contributed by atoms with E-state index in [-0.39, 0.29) is 12.5 Å². The van der Waals surface area contributed by atoms with Gasteiger partial charge in [-0.3, -0.25) is 9.59 Å². The molecule has 16 heavy (non-hydrogen) atoms. The lowest BCUT2D eigenvalue weighted by molar-refractivity contribution is -0.155. The van der Waals surface area contributed by atoms with Crippen LogP contribution in [-0.2, 0) is 19.1 Å². The Balaban J connectivity index is 2.48. The minimum absolute atomic E-state index is 0.142. The molecule has 1 aliphatic rings. The monoisotopic (exact) mass is 228 g/mol. The second-order valence-electron chi connectivity index (χ2n) is 3.53. The zero-order valence-electron chi connectivity index (χ0n) is 9.25. The normalized spacial score (nSPS) is 20.6. The number of rotatable bonds is 2. The average molecular weight is 228 g/mol. The number of esters is 1. The van der Waals surface area contributed by atoms with E-state index in [9.17, 15) is 14.4 Å². The minimum Gasteiger partial charge on any atom is -0.459 e. The molecule has 0 aliphatic carbocycles. The average Bonchev–Trinajstić information content (AvgIpc) is 2.45. The summed E-state index contributed by atoms with van der Waals surface area (Å²) in [6, 6.07) is -0.626. The smallest absolute Gasteiger partial charge is 0.396 e. The van der Waals surface area contributed by atoms with Crippen LogP contribution in [0.4, 0.5) is 0 Å². The molecule has 1 fully saturated rings. The molecular formula is C10H16N2O4. The van der Waals surface area contributed by atoms with Gasteiger partial charge < -0.3 is 15.4 Å². The van der Waals surface area contributed by atoms with Gasteiger partial charge in [-0.25, -0.2) is 4.79 Å². The zero-order valence-corrected chi connectivity index (χ0v) is 9.25. The first-order valence-corrected chi connectivity index (χ1v) is 5.40. The number of carbonyl (C=O) groups excluding carboxylic acids is 3. The Bertz CT molecular complexity index is 291. The van der Waals surface area contributed by atoms with Crippen LogP contribution in [0.1, 0.15) is 26.2 Å². The molecule has 0 aromatic rings. The second kappa shape index (κ2) is 6.09. The molecule has 1 aliphatic heterocycles. The van der Waals surface area contributed by atoms with Crippen LogP contribution in [0.3, 0.4) is 0 Å². The summed E-state index contributed by atoms with van der Waals surface area (Å²) in [5.41, 5.74) is 0. The fourth-order valence-corrected chi connectivity index (χ4v) is 1.49. The number of hydrogen-bond acceptors (Lipinski definition) is 4. The van der Waals surface area contributed by atoms with Gasteiger partial charge in [0.15, 0.2) is 0 Å². The topological polar surface area (TPSA) is 84.5 Å². The van der Waals surface area contributed by atoms with Crippen molar-refractivity contribution in [2.45, 2.75) is 32.2 Å². The number of amides is 2. The summed E-state index contributed by atoms with van der Waals surface area (Å²) in [5, 5.41) is 5.03. The van der Waals surface area contributed by atoms with E-state index in [0.29, 0.717) is 13.0 Å². The lowest BCUT2D eigenvalue weighted by atomic mass is 10.1. The maximum absolute atomic E-state index is 11.5. The summed E-state index contributed by atoms with van der Waals surface area (Å²) in [4.78, 5) is 33.8. The summed E-state index contributed by atoms with van der Waals surface area (Å²) in [5.74, 6) is -2.04. The van der Waals surface area contributed by atoms with Gasteiger partial charge >= 0.3 is 11.9 Å². The summed E-state index contributed by atoms with van der Waals surface area (Å²) < 4.78 is 4.53. The Morgan fingerprint density at radius 1 is 1.50 bits per heavy atom. The van der Waals surface area contributed by atoms with E-state index in [1.807, 2.05) is 0 Å². The van der Waals surface area contributed by atoms with Gasteiger partial charge in [0.05, 0.1) is 6.61 Å². The van der Waals surface area contributed by atoms with Crippen molar-refractivity contribution in [2.24, 2.45) is 0 Å². The van der Waals surface area contributed by atoms with Crippen LogP contribution in [-0.4, -0.2) is 37.0 Å². The van der Waals surface area contributed by atoms with E-state index < -0.39 is 17.9 Å². The quantitative estimate of drug-likeness (QED) is 0.485. The summed E-state index contributed by atoms with van der Waals surface area (Å²) in [6.45, 7) is 2.37. The van der Waals surface area contributed by atoms with Crippen molar-refractivity contribution < 1.29 is 19.1 Å². The van der Waals surface area contributed by atoms with Crippen molar-refractivity contribution in [3.63, 3.8) is 0 Å². The number of ether oxygens (including phenoxy) is 1. The van der Waals surface area contributed by atoms with Gasteiger partial charge in [-0.1, -0.05) is 0 Å². The Hall–Kier alpha value is -1.59. The van der Waals surface area contributed by atoms with E-state index in [2.05, 4.69) is 15.4 Å². The largest absolute Gasteiger partial charge is 0.459 e. The highest BCUT2D eigenvalue weighted by molar-refractivity contribution is 6.32. The highest BCUT2D eigenvalue weighted by atomic mass is 16.5. The van der Waals surface area contributed by atoms with Crippen molar-refractivity contribution >= 4 is 17.8 Å². The minimum atomic E-state index is -0.945. The molecule has 1 unspecified atom stereocenters. The van der Waals surface area contributed by atoms with Crippen molar-refractivity contribution in [2.75, 3.05) is 13.2 Å². The fraction of sp³-hybridized carbons (Fsp3) is 0.700. The molecule has 1 rings (SSSR count). The molecule has 2 N–H and O–H groups in total. The predicted molar refractivity (Wildman–Crippen MR) is 55.4 cm³/mol. The van der Waals surface area contributed by atoms with E-state index in [0.717, 1.165) is 12.8 Å². The van der Waals surface area contributed by atoms with Gasteiger partial charge in [0.1, 0.15) is 6.04 Å². The molecule has 0 aromatic carbocycles. The third kappa shape index (κ3) is 3.52. The molecule has 0 aromatic heterocycles. The number of nitrogens with one attached hydrogen (secondary N) is 2. The van der Waals surface area contributed by atoms with Crippen LogP contribution in [0, 0.1) is 0 Å². The maximum Gasteiger partial charge on any atom is 0.396 e. The van der Waals surface area contributed by atoms with Crippen LogP contribution >= 0.6 is 0 Å². The van der Waals surface area contributed by atoms with Crippen LogP contribution in [0.15, 0.2) is 0 Å². The molecule has 1 saturated heterocycles. The van der Waals surface area contributed by atoms with Crippen molar-refractivity contribution in [1.29, 1.82) is 0 Å². The Morgan fingerprint density at radius 3 is 2.94 bits per heavy atom. The molecular weight excluding hydrogens is 212 g/mol. The molecule has 6 nitrogen and oxygen atoms in total. The van der Waals surface area contributed by atoms with Gasteiger partial charge in [0, 0.05) is 6.54 Å². The van der Waals surface area contributed by atoms with Crippen LogP contribution < -0.4 is 10.6 Å². The van der Waals surface area contributed by atoms with E-state index in [4.69, 9.17) is 0 Å². The summed E-state index contributed by atoms with van der Waals surface area (Å²) >= 11 is 0. The first-order chi connectivity index (χ1) is 7.65. The molecule has 90 valence electrons. The van der Waals surface area contributed by atoms with E-state index >= 15 is 0 Å². The molecule has 2 amide bonds. The van der Waals surface area contributed by atoms with Crippen molar-refractivity contribution in [3.05, 3.63) is 0 Å². The van der Waals surface area contributed by atoms with Gasteiger partial charge in [-0.05, 0) is 26.2 Å². The lowest BCUT2D eigenvalue weighted by Crippen LogP contribution is -2.48. The second-order valence-corrected chi connectivity index (χ2v) is 3.53. The van der Waals surface area contributed by atoms with Crippen LogP contribution in [0.25, 0.3) is 0 Å². The maximum atomic E-state index is 11.5. The standard InChI is InChI=1S/C10H16N2O4/c1-2-16-10(15)9(14)12-7-5-3-4-6-11-8(7)13/h7H,2-6H2,1H3,(H,11,13)(H,12,14). The Kier molecular flexibility index (Phi) is 4.75. The molecule has 0 radical (unpaired) electrons. The predicted octanol–water partition coefficient (Wildman–Crippen LogP) is -0.666. The highest BCUT2D eigenvalue weighted by Crippen LogP contribution is 2.05. The van der Waals surface area contributed by atoms with Gasteiger partial charge in [0.25, 0.3) is 0 Å². The molecule has 0 bridgehead atoms. The molecule has 0 spiro atoms. The van der Waals surface area contributed by atoms with Gasteiger partial charge in [-0.2, -0.15) is 0 Å². The molecule has 1 heterocycles. The fourth-order valence-electron chi connectivity index (χ4n) is 1.49. The third-order valence-corrected chi connectivity index (χ3v) is 2.30. The zero-order chi connectivity index (χ0) is 12.0. The first-order valence-electron chi connectivity index (χ1n) is 5.40. The third-order valence-electron chi connectivity index (χ3n) is 2.30. The molecule has 1 atom stereocenters. The molecule has 6 heteroatoms. The highest BCUT2D eigenvalue weighted by Gasteiger charge is 2.25.